The number of nitrogens with zero attached hydrogens (tertiary/aromatic N) is 3. The summed E-state index contributed by atoms with van der Waals surface area (Å²) in [6.45, 7) is 11.9. The lowest BCUT2D eigenvalue weighted by Gasteiger charge is -2.20. The van der Waals surface area contributed by atoms with Crippen molar-refractivity contribution in [3.8, 4) is 0 Å². The Morgan fingerprint density at radius 1 is 1.04 bits per heavy atom. The number of rotatable bonds is 7. The molecule has 2 aromatic rings. The first kappa shape index (κ1) is 20.5. The number of hydrogen-bond acceptors (Lipinski definition) is 3. The molecular weight excluding hydrogens is 326 g/mol. The number of halogens is 1. The van der Waals surface area contributed by atoms with Crippen LogP contribution in [0.2, 0.25) is 0 Å². The maximum absolute atomic E-state index is 12.8. The van der Waals surface area contributed by atoms with Crippen molar-refractivity contribution in [2.75, 3.05) is 19.6 Å². The second-order valence-corrected chi connectivity index (χ2v) is 6.29. The van der Waals surface area contributed by atoms with Crippen molar-refractivity contribution in [2.45, 2.75) is 40.8 Å². The van der Waals surface area contributed by atoms with E-state index in [1.165, 1.54) is 4.57 Å². The van der Waals surface area contributed by atoms with Gasteiger partial charge in [-0.05, 0) is 31.1 Å². The maximum atomic E-state index is 12.8. The minimum atomic E-state index is -0.199. The van der Waals surface area contributed by atoms with Crippen molar-refractivity contribution in [1.29, 1.82) is 0 Å². The van der Waals surface area contributed by atoms with Crippen LogP contribution >= 0.6 is 12.4 Å². The van der Waals surface area contributed by atoms with E-state index in [1.54, 1.807) is 4.57 Å². The Morgan fingerprint density at radius 3 is 2.25 bits per heavy atom. The molecule has 0 aliphatic carbocycles. The monoisotopic (exact) mass is 353 g/mol. The summed E-state index contributed by atoms with van der Waals surface area (Å²) in [7, 11) is 0. The number of benzene rings is 1. The predicted octanol–water partition coefficient (Wildman–Crippen LogP) is 2.58. The lowest BCUT2D eigenvalue weighted by atomic mass is 10.2. The molecule has 1 aromatic heterocycles. The zero-order chi connectivity index (χ0) is 17.0. The summed E-state index contributed by atoms with van der Waals surface area (Å²) < 4.78 is 3.13. The third-order valence-electron chi connectivity index (χ3n) is 4.21. The van der Waals surface area contributed by atoms with Gasteiger partial charge in [-0.25, -0.2) is 4.79 Å². The third-order valence-corrected chi connectivity index (χ3v) is 4.21. The second kappa shape index (κ2) is 9.04. The van der Waals surface area contributed by atoms with E-state index in [1.807, 2.05) is 24.3 Å². The number of aromatic nitrogens is 2. The molecule has 134 valence electrons. The third kappa shape index (κ3) is 4.28. The van der Waals surface area contributed by atoms with E-state index < -0.39 is 0 Å². The molecule has 5 nitrogen and oxygen atoms in total. The van der Waals surface area contributed by atoms with Crippen molar-refractivity contribution in [3.63, 3.8) is 0 Å². The first-order valence-corrected chi connectivity index (χ1v) is 8.44. The Balaban J connectivity index is 0.00000288. The van der Waals surface area contributed by atoms with Gasteiger partial charge in [0, 0.05) is 19.6 Å². The fourth-order valence-corrected chi connectivity index (χ4v) is 2.89. The maximum Gasteiger partial charge on any atom is 0.331 e. The molecule has 0 saturated heterocycles. The number of hydrogen-bond donors (Lipinski definition) is 0. The molecule has 0 radical (unpaired) electrons. The summed E-state index contributed by atoms with van der Waals surface area (Å²) in [6, 6.07) is 7.39. The number of fused-ring (bicyclic) bond motifs is 1. The van der Waals surface area contributed by atoms with Gasteiger partial charge in [-0.3, -0.25) is 13.9 Å². The largest absolute Gasteiger partial charge is 0.331 e. The van der Waals surface area contributed by atoms with Crippen molar-refractivity contribution in [1.82, 2.24) is 14.0 Å². The predicted molar refractivity (Wildman–Crippen MR) is 102 cm³/mol. The second-order valence-electron chi connectivity index (χ2n) is 6.29. The highest BCUT2D eigenvalue weighted by molar-refractivity contribution is 5.85. The smallest absolute Gasteiger partial charge is 0.302 e. The van der Waals surface area contributed by atoms with E-state index in [-0.39, 0.29) is 23.7 Å². The SMILES string of the molecule is CCN(CC)CCn1c(=O)c2ccccc2n(CC(C)C)c1=O.Cl. The molecule has 0 saturated carbocycles. The minimum Gasteiger partial charge on any atom is -0.302 e. The number of likely N-dealkylation sites (N-methyl/N-ethyl adjacent to an activating group) is 1. The van der Waals surface area contributed by atoms with E-state index in [9.17, 15) is 9.59 Å². The molecule has 0 N–H and O–H groups in total. The van der Waals surface area contributed by atoms with Gasteiger partial charge in [0.05, 0.1) is 10.9 Å². The van der Waals surface area contributed by atoms with Gasteiger partial charge in [0.25, 0.3) is 5.56 Å². The molecule has 24 heavy (non-hydrogen) atoms. The van der Waals surface area contributed by atoms with Crippen LogP contribution in [0.5, 0.6) is 0 Å². The van der Waals surface area contributed by atoms with Crippen molar-refractivity contribution < 1.29 is 0 Å². The standard InChI is InChI=1S/C18H27N3O2.ClH/c1-5-19(6-2)11-12-20-17(22)15-9-7-8-10-16(15)21(18(20)23)13-14(3)4;/h7-10,14H,5-6,11-13H2,1-4H3;1H. The first-order chi connectivity index (χ1) is 11.0. The summed E-state index contributed by atoms with van der Waals surface area (Å²) in [5.74, 6) is 0.338. The summed E-state index contributed by atoms with van der Waals surface area (Å²) in [4.78, 5) is 27.8. The van der Waals surface area contributed by atoms with Crippen molar-refractivity contribution in [3.05, 3.63) is 45.1 Å². The van der Waals surface area contributed by atoms with Gasteiger partial charge in [0.1, 0.15) is 0 Å². The Kier molecular flexibility index (Phi) is 7.70. The van der Waals surface area contributed by atoms with E-state index in [4.69, 9.17) is 0 Å². The molecule has 6 heteroatoms. The average molecular weight is 354 g/mol. The Labute approximate surface area is 149 Å². The highest BCUT2D eigenvalue weighted by Gasteiger charge is 2.14. The van der Waals surface area contributed by atoms with Gasteiger partial charge in [-0.15, -0.1) is 12.4 Å². The van der Waals surface area contributed by atoms with Crippen LogP contribution in [-0.2, 0) is 13.1 Å². The first-order valence-electron chi connectivity index (χ1n) is 8.44. The van der Waals surface area contributed by atoms with Crippen LogP contribution in [0.3, 0.4) is 0 Å². The summed E-state index contributed by atoms with van der Waals surface area (Å²) >= 11 is 0. The molecule has 0 unspecified atom stereocenters. The van der Waals surface area contributed by atoms with Gasteiger partial charge in [0.2, 0.25) is 0 Å². The summed E-state index contributed by atoms with van der Waals surface area (Å²) in [6.07, 6.45) is 0. The van der Waals surface area contributed by atoms with Gasteiger partial charge in [-0.1, -0.05) is 39.8 Å². The Morgan fingerprint density at radius 2 is 1.67 bits per heavy atom. The molecule has 1 heterocycles. The van der Waals surface area contributed by atoms with Crippen LogP contribution in [0.1, 0.15) is 27.7 Å². The number of para-hydroxylation sites is 1. The van der Waals surface area contributed by atoms with Gasteiger partial charge < -0.3 is 4.90 Å². The Bertz CT molecular complexity index is 776. The zero-order valence-electron chi connectivity index (χ0n) is 15.0. The van der Waals surface area contributed by atoms with Crippen LogP contribution in [0.15, 0.2) is 33.9 Å². The normalized spacial score (nSPS) is 11.2. The molecule has 2 rings (SSSR count). The average Bonchev–Trinajstić information content (AvgIpc) is 2.54. The molecule has 1 aromatic carbocycles. The molecule has 0 spiro atoms. The molecule has 0 aliphatic heterocycles. The zero-order valence-corrected chi connectivity index (χ0v) is 15.8. The van der Waals surface area contributed by atoms with Gasteiger partial charge >= 0.3 is 5.69 Å². The Hall–Kier alpha value is -1.59. The lowest BCUT2D eigenvalue weighted by molar-refractivity contribution is 0.285. The molecular formula is C18H28ClN3O2. The molecule has 0 aliphatic rings. The van der Waals surface area contributed by atoms with Gasteiger partial charge in [0.15, 0.2) is 0 Å². The molecule has 0 fully saturated rings. The quantitative estimate of drug-likeness (QED) is 0.768. The fraction of sp³-hybridized carbons (Fsp3) is 0.556. The van der Waals surface area contributed by atoms with Crippen LogP contribution in [0, 0.1) is 5.92 Å². The molecule has 0 bridgehead atoms. The highest BCUT2D eigenvalue weighted by atomic mass is 35.5. The molecule has 0 amide bonds. The topological polar surface area (TPSA) is 47.2 Å². The van der Waals surface area contributed by atoms with Crippen LogP contribution in [-0.4, -0.2) is 33.7 Å². The summed E-state index contributed by atoms with van der Waals surface area (Å²) in [5.41, 5.74) is 0.350. The minimum absolute atomic E-state index is 0. The van der Waals surface area contributed by atoms with Crippen LogP contribution in [0.4, 0.5) is 0 Å². The van der Waals surface area contributed by atoms with Crippen molar-refractivity contribution >= 4 is 23.3 Å². The van der Waals surface area contributed by atoms with Crippen LogP contribution in [0.25, 0.3) is 10.9 Å². The highest BCUT2D eigenvalue weighted by Crippen LogP contribution is 2.09. The lowest BCUT2D eigenvalue weighted by Crippen LogP contribution is -2.43. The van der Waals surface area contributed by atoms with E-state index in [0.717, 1.165) is 18.6 Å². The van der Waals surface area contributed by atoms with Gasteiger partial charge in [-0.2, -0.15) is 0 Å². The fourth-order valence-electron chi connectivity index (χ4n) is 2.89. The van der Waals surface area contributed by atoms with E-state index >= 15 is 0 Å². The molecule has 0 atom stereocenters. The van der Waals surface area contributed by atoms with Crippen LogP contribution < -0.4 is 11.2 Å². The van der Waals surface area contributed by atoms with Crippen molar-refractivity contribution in [2.24, 2.45) is 5.92 Å². The van der Waals surface area contributed by atoms with E-state index in [2.05, 4.69) is 32.6 Å². The van der Waals surface area contributed by atoms with E-state index in [0.29, 0.717) is 30.9 Å². The summed E-state index contributed by atoms with van der Waals surface area (Å²) in [5, 5.41) is 0.618.